The lowest BCUT2D eigenvalue weighted by molar-refractivity contribution is 1.16. The highest BCUT2D eigenvalue weighted by Gasteiger charge is 2.20. The molecule has 0 fully saturated rings. The topological polar surface area (TPSA) is 18.7 Å². The van der Waals surface area contributed by atoms with Crippen LogP contribution in [0.5, 0.6) is 0 Å². The van der Waals surface area contributed by atoms with Crippen LogP contribution in [-0.4, -0.2) is 17.9 Å². The van der Waals surface area contributed by atoms with Gasteiger partial charge in [0.2, 0.25) is 0 Å². The van der Waals surface area contributed by atoms with Crippen molar-refractivity contribution in [3.05, 3.63) is 182 Å². The summed E-state index contributed by atoms with van der Waals surface area (Å²) in [7, 11) is 0. The van der Waals surface area contributed by atoms with Crippen LogP contribution in [0.25, 0.3) is 98.9 Å². The summed E-state index contributed by atoms with van der Waals surface area (Å²) in [6.45, 7) is 0. The van der Waals surface area contributed by atoms with E-state index in [0.29, 0.717) is 0 Å². The molecule has 0 aliphatic rings. The lowest BCUT2D eigenvalue weighted by Gasteiger charge is -2.13. The molecule has 4 heterocycles. The van der Waals surface area contributed by atoms with Crippen molar-refractivity contribution in [2.75, 3.05) is 0 Å². The third-order valence-electron chi connectivity index (χ3n) is 11.1. The predicted molar refractivity (Wildman–Crippen MR) is 218 cm³/mol. The maximum absolute atomic E-state index is 2.52. The Bertz CT molecular complexity index is 3410. The molecule has 12 rings (SSSR count). The summed E-state index contributed by atoms with van der Waals surface area (Å²) in [4.78, 5) is 0. The largest absolute Gasteiger partial charge is 0.309 e. The zero-order chi connectivity index (χ0) is 33.9. The van der Waals surface area contributed by atoms with Gasteiger partial charge in [0.05, 0.1) is 55.2 Å². The Hall–Kier alpha value is -7.04. The van der Waals surface area contributed by atoms with Crippen LogP contribution in [0.3, 0.4) is 0 Å². The van der Waals surface area contributed by atoms with E-state index < -0.39 is 0 Å². The van der Waals surface area contributed by atoms with Gasteiger partial charge in [-0.2, -0.15) is 0 Å². The molecule has 0 N–H and O–H groups in total. The maximum Gasteiger partial charge on any atom is 0.0783 e. The van der Waals surface area contributed by atoms with Gasteiger partial charge in [0.1, 0.15) is 0 Å². The van der Waals surface area contributed by atoms with Crippen LogP contribution >= 0.6 is 0 Å². The fraction of sp³-hybridized carbons (Fsp3) is 0. The number of nitrogens with zero attached hydrogens (tertiary/aromatic N) is 4. The number of para-hydroxylation sites is 8. The minimum atomic E-state index is 1.11. The van der Waals surface area contributed by atoms with Gasteiger partial charge in [0.25, 0.3) is 0 Å². The standard InChI is InChI=1S/C48H30N4/c1-2-14-31(15-3-1)49-43-24-10-11-25-44(43)51-41-23-9-6-18-35(41)36-19-12-27-46(47(36)51)52-42-29-28-32(30-38(42)37-20-13-26-45(49)48(37)52)50-39-21-7-4-16-33(39)34-17-5-8-22-40(34)50/h1-30H. The van der Waals surface area contributed by atoms with E-state index in [9.17, 15) is 0 Å². The van der Waals surface area contributed by atoms with E-state index in [1.54, 1.807) is 0 Å². The van der Waals surface area contributed by atoms with Crippen LogP contribution in [0.4, 0.5) is 0 Å². The quantitative estimate of drug-likeness (QED) is 0.175. The van der Waals surface area contributed by atoms with Crippen molar-refractivity contribution in [2.45, 2.75) is 0 Å². The summed E-state index contributed by atoms with van der Waals surface area (Å²) in [5, 5.41) is 7.46. The Balaban J connectivity index is 1.37. The highest BCUT2D eigenvalue weighted by molar-refractivity contribution is 6.20. The Morgan fingerprint density at radius 2 is 0.673 bits per heavy atom. The first kappa shape index (κ1) is 27.7. The van der Waals surface area contributed by atoms with Gasteiger partial charge in [-0.05, 0) is 72.8 Å². The van der Waals surface area contributed by atoms with Crippen LogP contribution in [-0.2, 0) is 0 Å². The summed E-state index contributed by atoms with van der Waals surface area (Å²) < 4.78 is 9.88. The molecule has 0 bridgehead atoms. The number of hydrogen-bond acceptors (Lipinski definition) is 0. The molecule has 0 amide bonds. The summed E-state index contributed by atoms with van der Waals surface area (Å²) in [5.41, 5.74) is 14.0. The van der Waals surface area contributed by atoms with Crippen molar-refractivity contribution in [1.29, 1.82) is 0 Å². The van der Waals surface area contributed by atoms with Gasteiger partial charge in [-0.3, -0.25) is 0 Å². The van der Waals surface area contributed by atoms with Gasteiger partial charge in [0.15, 0.2) is 0 Å². The van der Waals surface area contributed by atoms with Gasteiger partial charge in [-0.15, -0.1) is 0 Å². The number of rotatable bonds is 2. The Labute approximate surface area is 297 Å². The lowest BCUT2D eigenvalue weighted by Crippen LogP contribution is -1.99. The van der Waals surface area contributed by atoms with E-state index >= 15 is 0 Å². The predicted octanol–water partition coefficient (Wildman–Crippen LogP) is 12.4. The molecule has 242 valence electrons. The van der Waals surface area contributed by atoms with Crippen LogP contribution in [0, 0.1) is 0 Å². The fourth-order valence-corrected chi connectivity index (χ4v) is 9.07. The summed E-state index contributed by atoms with van der Waals surface area (Å²) in [6.07, 6.45) is 0. The Kier molecular flexibility index (Phi) is 5.47. The van der Waals surface area contributed by atoms with Crippen molar-refractivity contribution in [3.63, 3.8) is 0 Å². The molecular formula is C48H30N4. The van der Waals surface area contributed by atoms with E-state index in [2.05, 4.69) is 200 Å². The van der Waals surface area contributed by atoms with Crippen LogP contribution in [0.15, 0.2) is 182 Å². The van der Waals surface area contributed by atoms with Crippen molar-refractivity contribution < 1.29 is 0 Å². The second kappa shape index (κ2) is 10.3. The van der Waals surface area contributed by atoms with Crippen molar-refractivity contribution in [3.8, 4) is 11.4 Å². The first-order valence-corrected chi connectivity index (χ1v) is 17.9. The van der Waals surface area contributed by atoms with E-state index in [-0.39, 0.29) is 0 Å². The van der Waals surface area contributed by atoms with Gasteiger partial charge in [0, 0.05) is 43.7 Å². The molecule has 0 aliphatic heterocycles. The minimum absolute atomic E-state index is 1.11. The first-order valence-electron chi connectivity index (χ1n) is 17.9. The van der Waals surface area contributed by atoms with Crippen LogP contribution in [0.1, 0.15) is 0 Å². The van der Waals surface area contributed by atoms with Crippen LogP contribution < -0.4 is 0 Å². The second-order valence-corrected chi connectivity index (χ2v) is 13.8. The smallest absolute Gasteiger partial charge is 0.0783 e. The molecule has 0 spiro atoms. The van der Waals surface area contributed by atoms with Gasteiger partial charge < -0.3 is 17.9 Å². The zero-order valence-corrected chi connectivity index (χ0v) is 28.1. The number of aromatic nitrogens is 4. The first-order chi connectivity index (χ1) is 25.8. The molecule has 52 heavy (non-hydrogen) atoms. The average molecular weight is 663 g/mol. The third-order valence-corrected chi connectivity index (χ3v) is 11.1. The molecular weight excluding hydrogens is 633 g/mol. The van der Waals surface area contributed by atoms with E-state index in [1.165, 1.54) is 65.4 Å². The van der Waals surface area contributed by atoms with Crippen molar-refractivity contribution in [2.24, 2.45) is 0 Å². The van der Waals surface area contributed by atoms with Crippen LogP contribution in [0.2, 0.25) is 0 Å². The van der Waals surface area contributed by atoms with Crippen molar-refractivity contribution in [1.82, 2.24) is 17.9 Å². The molecule has 4 aromatic heterocycles. The van der Waals surface area contributed by atoms with Gasteiger partial charge >= 0.3 is 0 Å². The Morgan fingerprint density at radius 3 is 1.38 bits per heavy atom. The van der Waals surface area contributed by atoms with Gasteiger partial charge in [-0.1, -0.05) is 109 Å². The molecule has 4 heteroatoms. The summed E-state index contributed by atoms with van der Waals surface area (Å²) in [6, 6.07) is 66.6. The molecule has 0 unspecified atom stereocenters. The van der Waals surface area contributed by atoms with E-state index in [0.717, 1.165) is 33.4 Å². The number of hydrogen-bond donors (Lipinski definition) is 0. The molecule has 0 radical (unpaired) electrons. The molecule has 0 atom stereocenters. The number of fused-ring (bicyclic) bond motifs is 12. The molecule has 12 aromatic rings. The molecule has 4 nitrogen and oxygen atoms in total. The lowest BCUT2D eigenvalue weighted by atomic mass is 10.1. The number of benzene rings is 8. The normalized spacial score (nSPS) is 12.2. The fourth-order valence-electron chi connectivity index (χ4n) is 9.07. The van der Waals surface area contributed by atoms with E-state index in [1.807, 2.05) is 0 Å². The highest BCUT2D eigenvalue weighted by Crippen LogP contribution is 2.41. The SMILES string of the molecule is c1ccc(-n2c3ccccc3n3c4ccccc4c4cccc(c43)n3c4ccc(-n5c6ccccc6c6ccccc65)cc4c4cccc2c43)cc1. The Morgan fingerprint density at radius 1 is 0.231 bits per heavy atom. The highest BCUT2D eigenvalue weighted by atomic mass is 15.0. The minimum Gasteiger partial charge on any atom is -0.309 e. The summed E-state index contributed by atoms with van der Waals surface area (Å²) >= 11 is 0. The molecule has 0 saturated heterocycles. The monoisotopic (exact) mass is 662 g/mol. The maximum atomic E-state index is 2.52. The zero-order valence-electron chi connectivity index (χ0n) is 28.1. The average Bonchev–Trinajstić information content (AvgIpc) is 3.85. The second-order valence-electron chi connectivity index (χ2n) is 13.8. The van der Waals surface area contributed by atoms with Crippen molar-refractivity contribution >= 4 is 87.5 Å². The third kappa shape index (κ3) is 3.55. The molecule has 0 saturated carbocycles. The van der Waals surface area contributed by atoms with Gasteiger partial charge in [-0.25, -0.2) is 0 Å². The summed E-state index contributed by atoms with van der Waals surface area (Å²) in [5.74, 6) is 0. The molecule has 0 aliphatic carbocycles. The van der Waals surface area contributed by atoms with E-state index in [4.69, 9.17) is 0 Å². The molecule has 8 aromatic carbocycles.